The maximum absolute atomic E-state index is 13.8. The van der Waals surface area contributed by atoms with Gasteiger partial charge in [0, 0.05) is 29.6 Å². The SMILES string of the molecule is CCOC(=O)c1ccc(S(=O)(=O)N(Cc2ccc(OC)cc2)Cc2cc3cc(OC)ccc3[nH]c2=O)cc1. The average Bonchev–Trinajstić information content (AvgIpc) is 2.93. The lowest BCUT2D eigenvalue weighted by atomic mass is 10.1. The number of H-pyrrole nitrogens is 1. The number of carbonyl (C=O) groups excluding carboxylic acids is 1. The van der Waals surface area contributed by atoms with E-state index >= 15 is 0 Å². The number of nitrogens with one attached hydrogen (secondary N) is 1. The topological polar surface area (TPSA) is 115 Å². The maximum Gasteiger partial charge on any atom is 0.338 e. The molecule has 10 heteroatoms. The number of methoxy groups -OCH3 is 2. The summed E-state index contributed by atoms with van der Waals surface area (Å²) in [6.07, 6.45) is 0. The van der Waals surface area contributed by atoms with Gasteiger partial charge in [0.05, 0.1) is 31.3 Å². The number of rotatable bonds is 10. The Kier molecular flexibility index (Phi) is 8.13. The van der Waals surface area contributed by atoms with Crippen LogP contribution in [0.4, 0.5) is 0 Å². The van der Waals surface area contributed by atoms with Gasteiger partial charge in [-0.15, -0.1) is 0 Å². The molecule has 0 aliphatic carbocycles. The Morgan fingerprint density at radius 3 is 2.16 bits per heavy atom. The van der Waals surface area contributed by atoms with E-state index in [9.17, 15) is 18.0 Å². The van der Waals surface area contributed by atoms with Gasteiger partial charge in [-0.3, -0.25) is 4.79 Å². The smallest absolute Gasteiger partial charge is 0.338 e. The number of aromatic amines is 1. The Bertz CT molecular complexity index is 1600. The molecule has 0 aliphatic heterocycles. The van der Waals surface area contributed by atoms with Gasteiger partial charge >= 0.3 is 5.97 Å². The molecule has 0 atom stereocenters. The number of carbonyl (C=O) groups is 1. The fourth-order valence-electron chi connectivity index (χ4n) is 3.95. The molecule has 4 aromatic rings. The van der Waals surface area contributed by atoms with E-state index in [4.69, 9.17) is 14.2 Å². The van der Waals surface area contributed by atoms with Crippen molar-refractivity contribution in [2.45, 2.75) is 24.9 Å². The number of sulfonamides is 1. The van der Waals surface area contributed by atoms with E-state index in [1.54, 1.807) is 69.7 Å². The van der Waals surface area contributed by atoms with Gasteiger partial charge in [-0.05, 0) is 73.2 Å². The molecule has 1 aromatic heterocycles. The number of fused-ring (bicyclic) bond motifs is 1. The van der Waals surface area contributed by atoms with Gasteiger partial charge in [0.25, 0.3) is 5.56 Å². The highest BCUT2D eigenvalue weighted by Gasteiger charge is 2.26. The highest BCUT2D eigenvalue weighted by atomic mass is 32.2. The van der Waals surface area contributed by atoms with E-state index in [1.807, 2.05) is 0 Å². The summed E-state index contributed by atoms with van der Waals surface area (Å²) in [5.74, 6) is 0.710. The van der Waals surface area contributed by atoms with Crippen molar-refractivity contribution in [3.05, 3.63) is 99.8 Å². The molecule has 0 fully saturated rings. The van der Waals surface area contributed by atoms with Crippen molar-refractivity contribution in [2.24, 2.45) is 0 Å². The van der Waals surface area contributed by atoms with Crippen LogP contribution >= 0.6 is 0 Å². The predicted molar refractivity (Wildman–Crippen MR) is 143 cm³/mol. The zero-order valence-corrected chi connectivity index (χ0v) is 22.1. The van der Waals surface area contributed by atoms with Crippen molar-refractivity contribution in [3.63, 3.8) is 0 Å². The number of hydrogen-bond acceptors (Lipinski definition) is 7. The summed E-state index contributed by atoms with van der Waals surface area (Å²) in [6.45, 7) is 1.72. The second-order valence-electron chi connectivity index (χ2n) is 8.44. The van der Waals surface area contributed by atoms with Gasteiger partial charge in [-0.1, -0.05) is 12.1 Å². The molecule has 1 heterocycles. The number of esters is 1. The van der Waals surface area contributed by atoms with Gasteiger partial charge in [-0.2, -0.15) is 4.31 Å². The van der Waals surface area contributed by atoms with Crippen LogP contribution in [0.25, 0.3) is 10.9 Å². The molecule has 3 aromatic carbocycles. The molecular weight excluding hydrogens is 508 g/mol. The van der Waals surface area contributed by atoms with Crippen molar-refractivity contribution >= 4 is 26.9 Å². The Morgan fingerprint density at radius 1 is 0.868 bits per heavy atom. The number of pyridine rings is 1. The van der Waals surface area contributed by atoms with Crippen LogP contribution in [0, 0.1) is 0 Å². The fourth-order valence-corrected chi connectivity index (χ4v) is 5.36. The summed E-state index contributed by atoms with van der Waals surface area (Å²) in [5.41, 5.74) is 1.43. The normalized spacial score (nSPS) is 11.5. The quantitative estimate of drug-likeness (QED) is 0.303. The van der Waals surface area contributed by atoms with Crippen molar-refractivity contribution < 1.29 is 27.4 Å². The molecule has 1 N–H and O–H groups in total. The Labute approximate surface area is 220 Å². The van der Waals surface area contributed by atoms with Crippen LogP contribution in [-0.4, -0.2) is 44.5 Å². The summed E-state index contributed by atoms with van der Waals surface area (Å²) in [7, 11) is -0.984. The largest absolute Gasteiger partial charge is 0.497 e. The van der Waals surface area contributed by atoms with Gasteiger partial charge < -0.3 is 19.2 Å². The molecule has 9 nitrogen and oxygen atoms in total. The first-order valence-corrected chi connectivity index (χ1v) is 13.3. The van der Waals surface area contributed by atoms with Gasteiger partial charge in [0.15, 0.2) is 0 Å². The minimum atomic E-state index is -4.08. The molecule has 4 rings (SSSR count). The first-order chi connectivity index (χ1) is 18.2. The molecule has 0 unspecified atom stereocenters. The molecule has 0 spiro atoms. The highest BCUT2D eigenvalue weighted by Crippen LogP contribution is 2.24. The third kappa shape index (κ3) is 5.87. The van der Waals surface area contributed by atoms with Crippen LogP contribution < -0.4 is 15.0 Å². The summed E-state index contributed by atoms with van der Waals surface area (Å²) < 4.78 is 44.3. The van der Waals surface area contributed by atoms with Crippen LogP contribution in [-0.2, 0) is 27.8 Å². The fraction of sp³-hybridized carbons (Fsp3) is 0.214. The van der Waals surface area contributed by atoms with Crippen LogP contribution in [0.2, 0.25) is 0 Å². The molecule has 0 radical (unpaired) electrons. The molecule has 0 amide bonds. The first kappa shape index (κ1) is 26.9. The average molecular weight is 537 g/mol. The number of nitrogens with zero attached hydrogens (tertiary/aromatic N) is 1. The number of hydrogen-bond donors (Lipinski definition) is 1. The number of aromatic nitrogens is 1. The van der Waals surface area contributed by atoms with Crippen molar-refractivity contribution in [1.82, 2.24) is 9.29 Å². The minimum Gasteiger partial charge on any atom is -0.497 e. The van der Waals surface area contributed by atoms with Gasteiger partial charge in [-0.25, -0.2) is 13.2 Å². The van der Waals surface area contributed by atoms with E-state index in [0.29, 0.717) is 28.0 Å². The lowest BCUT2D eigenvalue weighted by molar-refractivity contribution is 0.0526. The van der Waals surface area contributed by atoms with Crippen LogP contribution in [0.1, 0.15) is 28.4 Å². The van der Waals surface area contributed by atoms with Gasteiger partial charge in [0.1, 0.15) is 11.5 Å². The van der Waals surface area contributed by atoms with Crippen LogP contribution in [0.3, 0.4) is 0 Å². The van der Waals surface area contributed by atoms with Crippen LogP contribution in [0.15, 0.2) is 82.5 Å². The van der Waals surface area contributed by atoms with E-state index in [0.717, 1.165) is 0 Å². The van der Waals surface area contributed by atoms with Crippen molar-refractivity contribution in [1.29, 1.82) is 0 Å². The standard InChI is InChI=1S/C28H28N2O7S/c1-4-37-28(32)20-7-12-25(13-8-20)38(33,34)30(17-19-5-9-23(35-2)10-6-19)18-22-15-21-16-24(36-3)11-14-26(21)29-27(22)31/h5-16H,4,17-18H2,1-3H3,(H,29,31). The van der Waals surface area contributed by atoms with Crippen LogP contribution in [0.5, 0.6) is 11.5 Å². The van der Waals surface area contributed by atoms with E-state index < -0.39 is 21.6 Å². The lowest BCUT2D eigenvalue weighted by Crippen LogP contribution is -2.32. The number of benzene rings is 3. The second kappa shape index (κ2) is 11.5. The zero-order valence-electron chi connectivity index (χ0n) is 21.3. The molecule has 0 saturated carbocycles. The highest BCUT2D eigenvalue weighted by molar-refractivity contribution is 7.89. The van der Waals surface area contributed by atoms with Crippen molar-refractivity contribution in [3.8, 4) is 11.5 Å². The molecule has 38 heavy (non-hydrogen) atoms. The third-order valence-corrected chi connectivity index (χ3v) is 7.80. The molecule has 0 aliphatic rings. The molecule has 0 bridgehead atoms. The summed E-state index contributed by atoms with van der Waals surface area (Å²) in [4.78, 5) is 27.8. The molecule has 0 saturated heterocycles. The maximum atomic E-state index is 13.8. The summed E-state index contributed by atoms with van der Waals surface area (Å²) in [5, 5.41) is 0.708. The minimum absolute atomic E-state index is 0.00153. The monoisotopic (exact) mass is 536 g/mol. The zero-order chi connectivity index (χ0) is 27.3. The second-order valence-corrected chi connectivity index (χ2v) is 10.4. The summed E-state index contributed by atoms with van der Waals surface area (Å²) >= 11 is 0. The van der Waals surface area contributed by atoms with E-state index in [2.05, 4.69) is 4.98 Å². The third-order valence-electron chi connectivity index (χ3n) is 6.00. The Balaban J connectivity index is 1.73. The Morgan fingerprint density at radius 2 is 1.53 bits per heavy atom. The lowest BCUT2D eigenvalue weighted by Gasteiger charge is -2.23. The summed E-state index contributed by atoms with van der Waals surface area (Å²) in [6, 6.07) is 19.4. The van der Waals surface area contributed by atoms with E-state index in [1.165, 1.54) is 28.6 Å². The van der Waals surface area contributed by atoms with E-state index in [-0.39, 0.29) is 35.7 Å². The van der Waals surface area contributed by atoms with Crippen molar-refractivity contribution in [2.75, 3.05) is 20.8 Å². The Hall–Kier alpha value is -4.15. The molecular formula is C28H28N2O7S. The van der Waals surface area contributed by atoms with Gasteiger partial charge in [0.2, 0.25) is 10.0 Å². The predicted octanol–water partition coefficient (Wildman–Crippen LogP) is 4.11. The molecule has 198 valence electrons. The number of ether oxygens (including phenoxy) is 3. The first-order valence-electron chi connectivity index (χ1n) is 11.9.